The Kier molecular flexibility index (Phi) is 7.18. The Morgan fingerprint density at radius 3 is 2.55 bits per heavy atom. The molecule has 0 bridgehead atoms. The van der Waals surface area contributed by atoms with Gasteiger partial charge in [-0.15, -0.1) is 0 Å². The van der Waals surface area contributed by atoms with Gasteiger partial charge in [-0.05, 0) is 60.9 Å². The zero-order valence-corrected chi connectivity index (χ0v) is 18.2. The van der Waals surface area contributed by atoms with E-state index in [1.807, 2.05) is 31.2 Å². The summed E-state index contributed by atoms with van der Waals surface area (Å²) >= 11 is 0. The molecule has 0 aromatic heterocycles. The summed E-state index contributed by atoms with van der Waals surface area (Å²) in [6.45, 7) is 10.9. The van der Waals surface area contributed by atoms with Gasteiger partial charge in [0.15, 0.2) is 6.61 Å². The van der Waals surface area contributed by atoms with Gasteiger partial charge in [-0.2, -0.15) is 0 Å². The summed E-state index contributed by atoms with van der Waals surface area (Å²) in [5.74, 6) is 1.78. The molecule has 0 aliphatic carbocycles. The van der Waals surface area contributed by atoms with Gasteiger partial charge in [0.2, 0.25) is 0 Å². The first kappa shape index (κ1) is 21.2. The predicted octanol–water partition coefficient (Wildman–Crippen LogP) is 5.30. The predicted molar refractivity (Wildman–Crippen MR) is 120 cm³/mol. The topological polar surface area (TPSA) is 41.6 Å². The molecule has 2 aromatic carbocycles. The molecule has 0 spiro atoms. The van der Waals surface area contributed by atoms with Gasteiger partial charge in [-0.1, -0.05) is 51.1 Å². The smallest absolute Gasteiger partial charge is 0.258 e. The monoisotopic (exact) mass is 394 g/mol. The number of benzene rings is 2. The third kappa shape index (κ3) is 5.75. The Hall–Kier alpha value is -2.49. The average Bonchev–Trinajstić information content (AvgIpc) is 2.72. The van der Waals surface area contributed by atoms with Gasteiger partial charge in [-0.3, -0.25) is 4.79 Å². The van der Waals surface area contributed by atoms with Crippen LogP contribution < -0.4 is 15.0 Å². The summed E-state index contributed by atoms with van der Waals surface area (Å²) in [5.41, 5.74) is 3.50. The molecule has 0 saturated carbocycles. The molecular weight excluding hydrogens is 360 g/mol. The van der Waals surface area contributed by atoms with Gasteiger partial charge < -0.3 is 15.0 Å². The number of hydrogen-bond acceptors (Lipinski definition) is 3. The maximum Gasteiger partial charge on any atom is 0.258 e. The molecule has 4 heteroatoms. The van der Waals surface area contributed by atoms with Crippen molar-refractivity contribution in [3.8, 4) is 5.75 Å². The highest BCUT2D eigenvalue weighted by Crippen LogP contribution is 2.26. The van der Waals surface area contributed by atoms with Crippen molar-refractivity contribution >= 4 is 11.6 Å². The number of carbonyl (C=O) groups excluding carboxylic acids is 1. The van der Waals surface area contributed by atoms with Crippen LogP contribution in [0.25, 0.3) is 0 Å². The van der Waals surface area contributed by atoms with Crippen LogP contribution in [0.15, 0.2) is 48.5 Å². The van der Waals surface area contributed by atoms with Crippen molar-refractivity contribution in [3.63, 3.8) is 0 Å². The molecule has 2 atom stereocenters. The highest BCUT2D eigenvalue weighted by Gasteiger charge is 2.17. The normalized spacial score (nSPS) is 17.8. The number of para-hydroxylation sites is 1. The van der Waals surface area contributed by atoms with Crippen LogP contribution in [0.3, 0.4) is 0 Å². The highest BCUT2D eigenvalue weighted by atomic mass is 16.5. The van der Waals surface area contributed by atoms with Crippen molar-refractivity contribution in [2.45, 2.75) is 52.5 Å². The molecule has 1 aliphatic heterocycles. The fourth-order valence-electron chi connectivity index (χ4n) is 4.00. The summed E-state index contributed by atoms with van der Waals surface area (Å²) < 4.78 is 5.79. The quantitative estimate of drug-likeness (QED) is 0.693. The molecule has 2 aromatic rings. The fourth-order valence-corrected chi connectivity index (χ4v) is 4.00. The first-order valence-electron chi connectivity index (χ1n) is 10.8. The Morgan fingerprint density at radius 1 is 1.14 bits per heavy atom. The molecule has 0 unspecified atom stereocenters. The van der Waals surface area contributed by atoms with E-state index < -0.39 is 0 Å². The summed E-state index contributed by atoms with van der Waals surface area (Å²) in [6, 6.07) is 16.4. The van der Waals surface area contributed by atoms with E-state index in [9.17, 15) is 4.79 Å². The standard InChI is InChI=1S/C25H34N2O2/c1-18(2)23-9-5-6-10-24(23)29-17-25(28)26-20(4)21-11-13-22(14-12-21)27-15-7-8-19(3)16-27/h5-6,9-14,18-20H,7-8,15-17H2,1-4H3,(H,26,28)/t19-,20+/m1/s1. The zero-order chi connectivity index (χ0) is 20.8. The summed E-state index contributed by atoms with van der Waals surface area (Å²) in [4.78, 5) is 14.8. The van der Waals surface area contributed by atoms with E-state index in [4.69, 9.17) is 4.74 Å². The number of carbonyl (C=O) groups is 1. The third-order valence-electron chi connectivity index (χ3n) is 5.69. The minimum Gasteiger partial charge on any atom is -0.483 e. The number of ether oxygens (including phenoxy) is 1. The van der Waals surface area contributed by atoms with Gasteiger partial charge >= 0.3 is 0 Å². The zero-order valence-electron chi connectivity index (χ0n) is 18.2. The number of anilines is 1. The molecule has 1 aliphatic rings. The number of rotatable bonds is 7. The number of amides is 1. The molecular formula is C25H34N2O2. The van der Waals surface area contributed by atoms with Gasteiger partial charge in [-0.25, -0.2) is 0 Å². The van der Waals surface area contributed by atoms with E-state index in [-0.39, 0.29) is 18.6 Å². The van der Waals surface area contributed by atoms with Gasteiger partial charge in [0, 0.05) is 18.8 Å². The van der Waals surface area contributed by atoms with Crippen LogP contribution in [0, 0.1) is 5.92 Å². The molecule has 1 amide bonds. The fraction of sp³-hybridized carbons (Fsp3) is 0.480. The number of nitrogens with zero attached hydrogens (tertiary/aromatic N) is 1. The maximum absolute atomic E-state index is 12.4. The van der Waals surface area contributed by atoms with E-state index >= 15 is 0 Å². The second-order valence-corrected chi connectivity index (χ2v) is 8.56. The van der Waals surface area contributed by atoms with Gasteiger partial charge in [0.25, 0.3) is 5.91 Å². The van der Waals surface area contributed by atoms with Crippen molar-refractivity contribution in [1.82, 2.24) is 5.32 Å². The lowest BCUT2D eigenvalue weighted by Crippen LogP contribution is -2.34. The van der Waals surface area contributed by atoms with Crippen molar-refractivity contribution in [2.24, 2.45) is 5.92 Å². The molecule has 156 valence electrons. The summed E-state index contributed by atoms with van der Waals surface area (Å²) in [7, 11) is 0. The van der Waals surface area contributed by atoms with E-state index in [2.05, 4.69) is 55.3 Å². The minimum atomic E-state index is -0.106. The Labute approximate surface area is 175 Å². The van der Waals surface area contributed by atoms with E-state index in [1.54, 1.807) is 0 Å². The second-order valence-electron chi connectivity index (χ2n) is 8.56. The van der Waals surface area contributed by atoms with Crippen LogP contribution in [-0.2, 0) is 4.79 Å². The number of nitrogens with one attached hydrogen (secondary N) is 1. The first-order chi connectivity index (χ1) is 13.9. The second kappa shape index (κ2) is 9.82. The molecule has 29 heavy (non-hydrogen) atoms. The van der Waals surface area contributed by atoms with Crippen LogP contribution in [0.1, 0.15) is 63.6 Å². The van der Waals surface area contributed by atoms with Crippen LogP contribution >= 0.6 is 0 Å². The molecule has 1 N–H and O–H groups in total. The van der Waals surface area contributed by atoms with Crippen molar-refractivity contribution in [2.75, 3.05) is 24.6 Å². The molecule has 0 radical (unpaired) electrons. The van der Waals surface area contributed by atoms with Crippen molar-refractivity contribution in [1.29, 1.82) is 0 Å². The molecule has 3 rings (SSSR count). The van der Waals surface area contributed by atoms with Crippen molar-refractivity contribution in [3.05, 3.63) is 59.7 Å². The SMILES string of the molecule is CC(C)c1ccccc1OCC(=O)N[C@@H](C)c1ccc(N2CCC[C@@H](C)C2)cc1. The molecule has 1 heterocycles. The third-order valence-corrected chi connectivity index (χ3v) is 5.69. The maximum atomic E-state index is 12.4. The van der Waals surface area contributed by atoms with E-state index in [0.717, 1.165) is 35.9 Å². The Balaban J connectivity index is 1.53. The van der Waals surface area contributed by atoms with Gasteiger partial charge in [0.05, 0.1) is 6.04 Å². The lowest BCUT2D eigenvalue weighted by atomic mass is 9.99. The van der Waals surface area contributed by atoms with Crippen LogP contribution in [0.2, 0.25) is 0 Å². The largest absolute Gasteiger partial charge is 0.483 e. The van der Waals surface area contributed by atoms with E-state index in [1.165, 1.54) is 18.5 Å². The van der Waals surface area contributed by atoms with E-state index in [0.29, 0.717) is 5.92 Å². The summed E-state index contributed by atoms with van der Waals surface area (Å²) in [6.07, 6.45) is 2.58. The van der Waals surface area contributed by atoms with Gasteiger partial charge in [0.1, 0.15) is 5.75 Å². The molecule has 4 nitrogen and oxygen atoms in total. The molecule has 1 saturated heterocycles. The van der Waals surface area contributed by atoms with Crippen molar-refractivity contribution < 1.29 is 9.53 Å². The van der Waals surface area contributed by atoms with Crippen LogP contribution in [-0.4, -0.2) is 25.6 Å². The molecule has 1 fully saturated rings. The Bertz CT molecular complexity index is 801. The lowest BCUT2D eigenvalue weighted by Gasteiger charge is -2.33. The van der Waals surface area contributed by atoms with Crippen LogP contribution in [0.5, 0.6) is 5.75 Å². The number of piperidine rings is 1. The first-order valence-corrected chi connectivity index (χ1v) is 10.8. The average molecular weight is 395 g/mol. The number of hydrogen-bond donors (Lipinski definition) is 1. The van der Waals surface area contributed by atoms with Crippen LogP contribution in [0.4, 0.5) is 5.69 Å². The Morgan fingerprint density at radius 2 is 1.86 bits per heavy atom. The minimum absolute atomic E-state index is 0.0256. The lowest BCUT2D eigenvalue weighted by molar-refractivity contribution is -0.123. The summed E-state index contributed by atoms with van der Waals surface area (Å²) in [5, 5.41) is 3.04. The highest BCUT2D eigenvalue weighted by molar-refractivity contribution is 5.78.